The van der Waals surface area contributed by atoms with Gasteiger partial charge in [0, 0.05) is 33.7 Å². The molecule has 0 spiro atoms. The summed E-state index contributed by atoms with van der Waals surface area (Å²) < 4.78 is 48.3. The molecule has 0 saturated carbocycles. The van der Waals surface area contributed by atoms with Crippen LogP contribution in [-0.4, -0.2) is 69.1 Å². The van der Waals surface area contributed by atoms with Gasteiger partial charge in [0.2, 0.25) is 5.91 Å². The van der Waals surface area contributed by atoms with E-state index in [-0.39, 0.29) is 19.6 Å². The second-order valence-electron chi connectivity index (χ2n) is 3.87. The molecule has 1 fully saturated rings. The van der Waals surface area contributed by atoms with Crippen molar-refractivity contribution >= 4 is 15.9 Å². The summed E-state index contributed by atoms with van der Waals surface area (Å²) in [4.78, 5) is 12.9. The molecule has 1 N–H and O–H groups in total. The van der Waals surface area contributed by atoms with E-state index < -0.39 is 27.7 Å². The number of rotatable bonds is 3. The average Bonchev–Trinajstić information content (AvgIpc) is 2.27. The first kappa shape index (κ1) is 14.3. The van der Waals surface area contributed by atoms with E-state index in [1.807, 2.05) is 0 Å². The number of hydrogen-bond donors (Lipinski definition) is 1. The average molecular weight is 271 g/mol. The van der Waals surface area contributed by atoms with Crippen molar-refractivity contribution in [3.05, 3.63) is 0 Å². The van der Waals surface area contributed by atoms with Gasteiger partial charge in [0.15, 0.2) is 0 Å². The fourth-order valence-corrected chi connectivity index (χ4v) is 2.67. The fraction of sp³-hybridized carbons (Fsp3) is 0.875. The highest BCUT2D eigenvalue weighted by Crippen LogP contribution is 2.17. The summed E-state index contributed by atoms with van der Waals surface area (Å²) >= 11 is 0. The third-order valence-electron chi connectivity index (χ3n) is 2.47. The van der Waals surface area contributed by atoms with Gasteiger partial charge >= 0.3 is 5.76 Å². The smallest absolute Gasteiger partial charge is 0.347 e. The van der Waals surface area contributed by atoms with Crippen LogP contribution in [-0.2, 0) is 14.8 Å². The SMILES string of the molecule is CN(C)C(=O)C1CNCCN1S(=O)(=O)C(F)F. The zero-order chi connectivity index (χ0) is 13.2. The first-order chi connectivity index (χ1) is 7.78. The first-order valence-corrected chi connectivity index (χ1v) is 6.49. The largest absolute Gasteiger partial charge is 0.350 e. The van der Waals surface area contributed by atoms with Gasteiger partial charge in [-0.2, -0.15) is 13.1 Å². The van der Waals surface area contributed by atoms with Crippen molar-refractivity contribution in [1.82, 2.24) is 14.5 Å². The molecule has 0 radical (unpaired) electrons. The number of sulfonamides is 1. The van der Waals surface area contributed by atoms with Crippen molar-refractivity contribution < 1.29 is 22.0 Å². The summed E-state index contributed by atoms with van der Waals surface area (Å²) in [6, 6.07) is -1.10. The Morgan fingerprint density at radius 3 is 2.53 bits per heavy atom. The standard InChI is InChI=1S/C8H15F2N3O3S/c1-12(2)7(14)6-5-11-3-4-13(6)17(15,16)8(9)10/h6,8,11H,3-5H2,1-2H3. The monoisotopic (exact) mass is 271 g/mol. The number of carbonyl (C=O) groups is 1. The van der Waals surface area contributed by atoms with E-state index in [4.69, 9.17) is 0 Å². The predicted molar refractivity (Wildman–Crippen MR) is 57.0 cm³/mol. The summed E-state index contributed by atoms with van der Waals surface area (Å²) in [6.07, 6.45) is 0. The maximum absolute atomic E-state index is 12.5. The van der Waals surface area contributed by atoms with Crippen molar-refractivity contribution in [2.24, 2.45) is 0 Å². The van der Waals surface area contributed by atoms with Crippen molar-refractivity contribution in [1.29, 1.82) is 0 Å². The van der Waals surface area contributed by atoms with Crippen LogP contribution in [0.25, 0.3) is 0 Å². The van der Waals surface area contributed by atoms with Crippen molar-refractivity contribution in [2.75, 3.05) is 33.7 Å². The Kier molecular flexibility index (Phi) is 4.39. The molecule has 6 nitrogen and oxygen atoms in total. The first-order valence-electron chi connectivity index (χ1n) is 4.99. The number of alkyl halides is 2. The van der Waals surface area contributed by atoms with Gasteiger partial charge in [-0.3, -0.25) is 4.79 Å². The molecule has 1 saturated heterocycles. The van der Waals surface area contributed by atoms with Crippen LogP contribution in [0.5, 0.6) is 0 Å². The van der Waals surface area contributed by atoms with Gasteiger partial charge in [-0.25, -0.2) is 8.42 Å². The van der Waals surface area contributed by atoms with E-state index in [9.17, 15) is 22.0 Å². The summed E-state index contributed by atoms with van der Waals surface area (Å²) in [5.74, 6) is -4.01. The Bertz CT molecular complexity index is 385. The number of likely N-dealkylation sites (N-methyl/N-ethyl adjacent to an activating group) is 1. The van der Waals surface area contributed by atoms with Crippen LogP contribution in [0.1, 0.15) is 0 Å². The molecular weight excluding hydrogens is 256 g/mol. The van der Waals surface area contributed by atoms with Gasteiger partial charge in [-0.15, -0.1) is 0 Å². The third-order valence-corrected chi connectivity index (χ3v) is 4.01. The number of hydrogen-bond acceptors (Lipinski definition) is 4. The van der Waals surface area contributed by atoms with E-state index in [0.717, 1.165) is 0 Å². The zero-order valence-corrected chi connectivity index (χ0v) is 10.4. The molecule has 17 heavy (non-hydrogen) atoms. The van der Waals surface area contributed by atoms with Crippen LogP contribution < -0.4 is 5.32 Å². The van der Waals surface area contributed by atoms with Gasteiger partial charge in [0.05, 0.1) is 0 Å². The van der Waals surface area contributed by atoms with Crippen molar-refractivity contribution in [3.8, 4) is 0 Å². The molecule has 1 amide bonds. The van der Waals surface area contributed by atoms with Gasteiger partial charge in [-0.1, -0.05) is 0 Å². The summed E-state index contributed by atoms with van der Waals surface area (Å²) in [6.45, 7) is 0.170. The minimum absolute atomic E-state index is 0.0446. The van der Waals surface area contributed by atoms with Gasteiger partial charge in [0.1, 0.15) is 6.04 Å². The topological polar surface area (TPSA) is 69.7 Å². The minimum Gasteiger partial charge on any atom is -0.347 e. The normalized spacial score (nSPS) is 22.8. The molecule has 1 heterocycles. The third kappa shape index (κ3) is 2.90. The fourth-order valence-electron chi connectivity index (χ4n) is 1.60. The molecular formula is C8H15F2N3O3S. The van der Waals surface area contributed by atoms with Crippen molar-refractivity contribution in [2.45, 2.75) is 11.8 Å². The number of halogens is 2. The molecule has 9 heteroatoms. The molecule has 100 valence electrons. The lowest BCUT2D eigenvalue weighted by molar-refractivity contribution is -0.133. The molecule has 1 aliphatic rings. The Labute approximate surface area is 98.6 Å². The Hall–Kier alpha value is -0.800. The van der Waals surface area contributed by atoms with Gasteiger partial charge in [0.25, 0.3) is 10.0 Å². The van der Waals surface area contributed by atoms with Crippen LogP contribution in [0, 0.1) is 0 Å². The number of amides is 1. The van der Waals surface area contributed by atoms with E-state index >= 15 is 0 Å². The zero-order valence-electron chi connectivity index (χ0n) is 9.56. The molecule has 0 bridgehead atoms. The second-order valence-corrected chi connectivity index (χ2v) is 5.72. The maximum Gasteiger partial charge on any atom is 0.350 e. The molecule has 0 aliphatic carbocycles. The van der Waals surface area contributed by atoms with Crippen LogP contribution in [0.4, 0.5) is 8.78 Å². The lowest BCUT2D eigenvalue weighted by Gasteiger charge is -2.34. The van der Waals surface area contributed by atoms with Crippen LogP contribution in [0.15, 0.2) is 0 Å². The highest BCUT2D eigenvalue weighted by molar-refractivity contribution is 7.89. The van der Waals surface area contributed by atoms with Gasteiger partial charge < -0.3 is 10.2 Å². The van der Waals surface area contributed by atoms with E-state index in [1.54, 1.807) is 0 Å². The Morgan fingerprint density at radius 1 is 1.47 bits per heavy atom. The van der Waals surface area contributed by atoms with Crippen LogP contribution in [0.2, 0.25) is 0 Å². The van der Waals surface area contributed by atoms with E-state index in [1.165, 1.54) is 19.0 Å². The highest BCUT2D eigenvalue weighted by Gasteiger charge is 2.41. The number of carbonyl (C=O) groups excluding carboxylic acids is 1. The second kappa shape index (κ2) is 5.23. The quantitative estimate of drug-likeness (QED) is 0.707. The number of piperazine rings is 1. The van der Waals surface area contributed by atoms with Crippen LogP contribution >= 0.6 is 0 Å². The van der Waals surface area contributed by atoms with Gasteiger partial charge in [-0.05, 0) is 0 Å². The Balaban J connectivity index is 2.99. The minimum atomic E-state index is -4.72. The molecule has 1 atom stereocenters. The summed E-state index contributed by atoms with van der Waals surface area (Å²) in [7, 11) is -1.82. The molecule has 1 aliphatic heterocycles. The molecule has 0 aromatic rings. The van der Waals surface area contributed by atoms with E-state index in [0.29, 0.717) is 4.31 Å². The Morgan fingerprint density at radius 2 is 2.06 bits per heavy atom. The van der Waals surface area contributed by atoms with Crippen LogP contribution in [0.3, 0.4) is 0 Å². The lowest BCUT2D eigenvalue weighted by Crippen LogP contribution is -2.60. The molecule has 0 aromatic carbocycles. The summed E-state index contributed by atoms with van der Waals surface area (Å²) in [5, 5.41) is 2.81. The van der Waals surface area contributed by atoms with E-state index in [2.05, 4.69) is 5.32 Å². The highest BCUT2D eigenvalue weighted by atomic mass is 32.2. The van der Waals surface area contributed by atoms with Crippen molar-refractivity contribution in [3.63, 3.8) is 0 Å². The number of nitrogens with one attached hydrogen (secondary N) is 1. The molecule has 0 aromatic heterocycles. The maximum atomic E-state index is 12.5. The summed E-state index contributed by atoms with van der Waals surface area (Å²) in [5.41, 5.74) is 0. The molecule has 1 rings (SSSR count). The predicted octanol–water partition coefficient (Wildman–Crippen LogP) is -1.10. The lowest BCUT2D eigenvalue weighted by atomic mass is 10.2. The number of nitrogens with zero attached hydrogens (tertiary/aromatic N) is 2. The molecule has 1 unspecified atom stereocenters.